The van der Waals surface area contributed by atoms with Crippen LogP contribution < -0.4 is 106 Å². The van der Waals surface area contributed by atoms with Gasteiger partial charge in [-0.2, -0.15) is 0 Å². The third kappa shape index (κ3) is 34.1. The van der Waals surface area contributed by atoms with Crippen molar-refractivity contribution in [1.29, 1.82) is 0 Å². The number of carboxylic acid groups (broad SMARTS) is 2. The molecular weight excluding hydrogens is 1260 g/mol. The zero-order valence-corrected chi connectivity index (χ0v) is 55.0. The highest BCUT2D eigenvalue weighted by molar-refractivity contribution is 5.99. The largest absolute Gasteiger partial charge is 0.481 e. The lowest BCUT2D eigenvalue weighted by molar-refractivity contribution is -0.144. The fourth-order valence-electron chi connectivity index (χ4n) is 9.74. The molecule has 0 aromatic carbocycles. The lowest BCUT2D eigenvalue weighted by Crippen LogP contribution is -2.60. The zero-order valence-electron chi connectivity index (χ0n) is 55.0. The summed E-state index contributed by atoms with van der Waals surface area (Å²) in [5, 5.41) is 49.6. The number of hydrogen-bond acceptors (Lipinski definition) is 20. The summed E-state index contributed by atoms with van der Waals surface area (Å²) in [5.74, 6) is -12.9. The van der Waals surface area contributed by atoms with Gasteiger partial charge in [-0.05, 0) is 136 Å². The van der Waals surface area contributed by atoms with Gasteiger partial charge in [0.2, 0.25) is 59.1 Å². The van der Waals surface area contributed by atoms with Crippen molar-refractivity contribution in [2.75, 3.05) is 59.4 Å². The molecule has 544 valence electrons. The van der Waals surface area contributed by atoms with Gasteiger partial charge in [-0.25, -0.2) is 0 Å². The second kappa shape index (κ2) is 45.8. The molecular formula is C56H105N25O15. The normalized spacial score (nSPS) is 15.6. The Labute approximate surface area is 556 Å². The first kappa shape index (κ1) is 84.6. The molecule has 0 saturated carbocycles. The number of hydrogen-bond donors (Lipinski definition) is 22. The quantitative estimate of drug-likeness (QED) is 0.0153. The topological polar surface area (TPSA) is 704 Å². The minimum Gasteiger partial charge on any atom is -0.481 e. The Kier molecular flexibility index (Phi) is 40.4. The summed E-state index contributed by atoms with van der Waals surface area (Å²) in [6.07, 6.45) is -1.41. The molecule has 0 aliphatic carbocycles. The lowest BCUT2D eigenvalue weighted by Gasteiger charge is -2.30. The molecule has 1 aliphatic heterocycles. The number of unbranched alkanes of at least 4 members (excludes halogenated alkanes) is 2. The Morgan fingerprint density at radius 2 is 0.781 bits per heavy atom. The summed E-state index contributed by atoms with van der Waals surface area (Å²) in [6, 6.07) is -14.3. The zero-order chi connectivity index (χ0) is 72.6. The first-order valence-electron chi connectivity index (χ1n) is 31.7. The highest BCUT2D eigenvalue weighted by Gasteiger charge is 2.40. The van der Waals surface area contributed by atoms with E-state index >= 15 is 0 Å². The maximum absolute atomic E-state index is 14.7. The molecule has 0 spiro atoms. The Balaban J connectivity index is 3.88. The second-order valence-electron chi connectivity index (χ2n) is 23.0. The maximum atomic E-state index is 14.7. The van der Waals surface area contributed by atoms with E-state index in [1.54, 1.807) is 0 Å². The molecule has 1 saturated heterocycles. The van der Waals surface area contributed by atoms with Gasteiger partial charge in [0.1, 0.15) is 67.0 Å². The van der Waals surface area contributed by atoms with E-state index in [9.17, 15) is 72.9 Å². The van der Waals surface area contributed by atoms with Crippen LogP contribution in [0.25, 0.3) is 0 Å². The molecule has 40 nitrogen and oxygen atoms in total. The van der Waals surface area contributed by atoms with Gasteiger partial charge in [0.25, 0.3) is 0 Å². The molecule has 0 radical (unpaired) electrons. The van der Waals surface area contributed by atoms with Crippen LogP contribution in [0.5, 0.6) is 0 Å². The van der Waals surface area contributed by atoms with Crippen molar-refractivity contribution in [3.63, 3.8) is 0 Å². The molecule has 96 heavy (non-hydrogen) atoms. The molecule has 10 amide bonds. The number of amides is 10. The fourth-order valence-corrected chi connectivity index (χ4v) is 9.74. The highest BCUT2D eigenvalue weighted by Crippen LogP contribution is 2.20. The van der Waals surface area contributed by atoms with Crippen molar-refractivity contribution in [2.45, 2.75) is 196 Å². The molecule has 1 fully saturated rings. The minimum absolute atomic E-state index is 0.00592. The number of likely N-dealkylation sites (tertiary alicyclic amines) is 1. The standard InChI is InChI=1S/C56H105N25O15/c1-30(51(95)80(3)29-41(85)86)72-43(87)32(13-4-6-22-57)73-44(88)33(14-5-7-23-58)74-45(89)34(15-8-24-68-53(60)61)75-46(90)35(16-9-25-69-54(62)63)76-47(91)36(17-10-26-70-55(64)65)77-49(93)38(20-21-40(83)84)78-48(92)37(18-11-27-71-56(66)67)79-50(94)39-19-12-28-81(39)52(96)42(59)31(2)82/h30-39,42,82H,4-29,57-59H2,1-3H3,(H,72,87)(H,73,88)(H,74,89)(H,75,90)(H,76,91)(H,77,93)(H,78,92)(H,79,94)(H,83,84)(H,85,86)(H4,60,61,68)(H4,62,63,69)(H4,64,65,70)(H4,66,67,71)/t30-,31+,32-,33-,34-,35-,36-,37-,38-,39-,42-/m0/s1. The number of rotatable bonds is 48. The van der Waals surface area contributed by atoms with Gasteiger partial charge in [0.05, 0.1) is 6.10 Å². The summed E-state index contributed by atoms with van der Waals surface area (Å²) in [7, 11) is 1.23. The number of guanidine groups is 4. The van der Waals surface area contributed by atoms with Gasteiger partial charge in [0, 0.05) is 46.2 Å². The van der Waals surface area contributed by atoms with Crippen LogP contribution in [-0.2, 0) is 57.5 Å². The van der Waals surface area contributed by atoms with Crippen LogP contribution in [0.2, 0.25) is 0 Å². The molecule has 1 rings (SSSR count). The SMILES string of the molecule is C[C@H](NC(=O)[C@H](CCCCN)NC(=O)[C@H](CCCCN)NC(=O)[C@H](CCCN=C(N)N)NC(=O)[C@H](CCCN=C(N)N)NC(=O)[C@H](CCCN=C(N)N)NC(=O)[C@H](CCC(=O)O)NC(=O)[C@H](CCCN=C(N)N)NC(=O)[C@@H]1CCCN1C(=O)[C@@H](N)[C@@H](C)O)C(=O)N(C)CC(=O)O. The number of aliphatic hydroxyl groups excluding tert-OH is 1. The van der Waals surface area contributed by atoms with Crippen molar-refractivity contribution in [1.82, 2.24) is 52.3 Å². The smallest absolute Gasteiger partial charge is 0.323 e. The van der Waals surface area contributed by atoms with E-state index in [0.29, 0.717) is 25.7 Å². The van der Waals surface area contributed by atoms with Gasteiger partial charge < -0.3 is 131 Å². The van der Waals surface area contributed by atoms with Crippen molar-refractivity contribution >= 4 is 94.8 Å². The van der Waals surface area contributed by atoms with Crippen LogP contribution in [0.3, 0.4) is 0 Å². The van der Waals surface area contributed by atoms with Crippen LogP contribution in [0.1, 0.15) is 129 Å². The number of carbonyl (C=O) groups excluding carboxylic acids is 10. The molecule has 0 unspecified atom stereocenters. The van der Waals surface area contributed by atoms with Crippen LogP contribution in [0, 0.1) is 0 Å². The number of aliphatic carboxylic acids is 2. The first-order valence-corrected chi connectivity index (χ1v) is 31.7. The van der Waals surface area contributed by atoms with Gasteiger partial charge in [-0.15, -0.1) is 0 Å². The van der Waals surface area contributed by atoms with E-state index in [4.69, 9.17) is 63.1 Å². The van der Waals surface area contributed by atoms with Crippen LogP contribution in [-0.4, -0.2) is 246 Å². The Morgan fingerprint density at radius 3 is 1.08 bits per heavy atom. The number of nitrogens with zero attached hydrogens (tertiary/aromatic N) is 6. The summed E-state index contributed by atoms with van der Waals surface area (Å²) >= 11 is 0. The minimum atomic E-state index is -1.73. The number of nitrogens with two attached hydrogens (primary N) is 11. The highest BCUT2D eigenvalue weighted by atomic mass is 16.4. The number of likely N-dealkylation sites (N-methyl/N-ethyl adjacent to an activating group) is 1. The van der Waals surface area contributed by atoms with Crippen molar-refractivity contribution in [3.05, 3.63) is 0 Å². The number of carboxylic acids is 2. The van der Waals surface area contributed by atoms with Gasteiger partial charge in [-0.1, -0.05) is 0 Å². The predicted molar refractivity (Wildman–Crippen MR) is 353 cm³/mol. The average Bonchev–Trinajstić information content (AvgIpc) is 1.68. The number of aliphatic hydroxyl groups is 1. The maximum Gasteiger partial charge on any atom is 0.323 e. The third-order valence-corrected chi connectivity index (χ3v) is 14.9. The average molecular weight is 1370 g/mol. The predicted octanol–water partition coefficient (Wildman–Crippen LogP) is -9.54. The van der Waals surface area contributed by atoms with E-state index in [0.717, 1.165) is 4.90 Å². The van der Waals surface area contributed by atoms with E-state index in [2.05, 4.69) is 62.5 Å². The molecule has 40 heteroatoms. The van der Waals surface area contributed by atoms with Crippen LogP contribution in [0.15, 0.2) is 20.0 Å². The Bertz CT molecular complexity index is 2690. The first-order chi connectivity index (χ1) is 45.2. The monoisotopic (exact) mass is 1370 g/mol. The number of carbonyl (C=O) groups is 12. The molecule has 1 aliphatic rings. The van der Waals surface area contributed by atoms with E-state index in [1.165, 1.54) is 25.8 Å². The molecule has 1 heterocycles. The molecule has 11 atom stereocenters. The van der Waals surface area contributed by atoms with Crippen LogP contribution in [0.4, 0.5) is 0 Å². The van der Waals surface area contributed by atoms with Gasteiger partial charge in [0.15, 0.2) is 23.8 Å². The number of aliphatic imine (C=N–C) groups is 4. The fraction of sp³-hybridized carbons (Fsp3) is 0.714. The third-order valence-electron chi connectivity index (χ3n) is 14.9. The summed E-state index contributed by atoms with van der Waals surface area (Å²) in [5.41, 5.74) is 61.8. The molecule has 0 aromatic heterocycles. The molecule has 0 bridgehead atoms. The number of nitrogens with one attached hydrogen (secondary N) is 8. The summed E-state index contributed by atoms with van der Waals surface area (Å²) < 4.78 is 0. The Hall–Kier alpha value is -9.44. The molecule has 33 N–H and O–H groups in total. The van der Waals surface area contributed by atoms with E-state index < -0.39 is 157 Å². The van der Waals surface area contributed by atoms with Crippen molar-refractivity contribution in [2.24, 2.45) is 83.0 Å². The van der Waals surface area contributed by atoms with Gasteiger partial charge >= 0.3 is 11.9 Å². The Morgan fingerprint density at radius 1 is 0.469 bits per heavy atom. The summed E-state index contributed by atoms with van der Waals surface area (Å²) in [4.78, 5) is 182. The van der Waals surface area contributed by atoms with Crippen LogP contribution >= 0.6 is 0 Å². The second-order valence-corrected chi connectivity index (χ2v) is 23.0. The van der Waals surface area contributed by atoms with E-state index in [1.807, 2.05) is 0 Å². The van der Waals surface area contributed by atoms with Crippen molar-refractivity contribution in [3.8, 4) is 0 Å². The van der Waals surface area contributed by atoms with E-state index in [-0.39, 0.29) is 147 Å². The summed E-state index contributed by atoms with van der Waals surface area (Å²) in [6.45, 7) is 2.24. The molecule has 0 aromatic rings. The lowest BCUT2D eigenvalue weighted by atomic mass is 10.0. The van der Waals surface area contributed by atoms with Crippen molar-refractivity contribution < 1.29 is 72.9 Å². The van der Waals surface area contributed by atoms with Gasteiger partial charge in [-0.3, -0.25) is 77.5 Å².